The van der Waals surface area contributed by atoms with Crippen molar-refractivity contribution < 1.29 is 19.5 Å². The Balaban J connectivity index is 1.58. The number of piperidine rings is 1. The van der Waals surface area contributed by atoms with E-state index in [9.17, 15) is 19.5 Å². The molecule has 7 nitrogen and oxygen atoms in total. The molecule has 2 N–H and O–H groups in total. The Hall–Kier alpha value is -2.57. The molecule has 0 saturated carbocycles. The van der Waals surface area contributed by atoms with E-state index in [4.69, 9.17) is 0 Å². The Bertz CT molecular complexity index is 685. The second-order valence-electron chi connectivity index (χ2n) is 6.83. The van der Waals surface area contributed by atoms with E-state index in [-0.39, 0.29) is 35.6 Å². The molecule has 0 bridgehead atoms. The second kappa shape index (κ2) is 8.21. The fourth-order valence-corrected chi connectivity index (χ4v) is 3.63. The molecule has 3 rings (SSSR count). The number of hydrogen-bond donors (Lipinski definition) is 2. The Kier molecular flexibility index (Phi) is 5.75. The quantitative estimate of drug-likeness (QED) is 0.843. The maximum absolute atomic E-state index is 12.7. The van der Waals surface area contributed by atoms with Crippen molar-refractivity contribution in [2.45, 2.75) is 38.1 Å². The first-order chi connectivity index (χ1) is 12.6. The summed E-state index contributed by atoms with van der Waals surface area (Å²) in [5.41, 5.74) is 0.191. The van der Waals surface area contributed by atoms with Crippen LogP contribution in [0.25, 0.3) is 0 Å². The van der Waals surface area contributed by atoms with Gasteiger partial charge in [-0.2, -0.15) is 0 Å². The van der Waals surface area contributed by atoms with Gasteiger partial charge in [-0.05, 0) is 44.2 Å². The van der Waals surface area contributed by atoms with Crippen molar-refractivity contribution in [3.05, 3.63) is 29.8 Å². The van der Waals surface area contributed by atoms with Gasteiger partial charge in [0.05, 0.1) is 12.1 Å². The molecule has 2 aliphatic heterocycles. The van der Waals surface area contributed by atoms with Gasteiger partial charge in [0.2, 0.25) is 11.8 Å². The number of para-hydroxylation sites is 1. The average molecular weight is 359 g/mol. The molecule has 2 aliphatic rings. The summed E-state index contributed by atoms with van der Waals surface area (Å²) in [4.78, 5) is 40.7. The van der Waals surface area contributed by atoms with Gasteiger partial charge >= 0.3 is 0 Å². The molecular formula is C19H25N3O4. The van der Waals surface area contributed by atoms with E-state index in [2.05, 4.69) is 5.32 Å². The second-order valence-corrected chi connectivity index (χ2v) is 6.83. The highest BCUT2D eigenvalue weighted by Crippen LogP contribution is 2.24. The van der Waals surface area contributed by atoms with Gasteiger partial charge in [-0.15, -0.1) is 0 Å². The molecule has 1 atom stereocenters. The van der Waals surface area contributed by atoms with E-state index in [0.29, 0.717) is 13.0 Å². The Morgan fingerprint density at radius 1 is 1.04 bits per heavy atom. The smallest absolute Gasteiger partial charge is 0.258 e. The summed E-state index contributed by atoms with van der Waals surface area (Å²) >= 11 is 0. The molecule has 0 aromatic heterocycles. The summed E-state index contributed by atoms with van der Waals surface area (Å²) < 4.78 is 0. The number of benzene rings is 1. The molecule has 1 aromatic carbocycles. The van der Waals surface area contributed by atoms with Crippen LogP contribution < -0.4 is 5.32 Å². The van der Waals surface area contributed by atoms with Gasteiger partial charge in [-0.25, -0.2) is 0 Å². The van der Waals surface area contributed by atoms with Crippen molar-refractivity contribution in [3.63, 3.8) is 0 Å². The molecule has 0 aliphatic carbocycles. The lowest BCUT2D eigenvalue weighted by molar-refractivity contribution is -0.134. The largest absolute Gasteiger partial charge is 0.507 e. The monoisotopic (exact) mass is 359 g/mol. The van der Waals surface area contributed by atoms with Gasteiger partial charge in [0, 0.05) is 19.6 Å². The van der Waals surface area contributed by atoms with E-state index in [1.54, 1.807) is 23.1 Å². The maximum atomic E-state index is 12.7. The fourth-order valence-electron chi connectivity index (χ4n) is 3.63. The van der Waals surface area contributed by atoms with Crippen LogP contribution >= 0.6 is 0 Å². The normalized spacial score (nSPS) is 20.1. The van der Waals surface area contributed by atoms with Crippen LogP contribution in [0, 0.1) is 0 Å². The van der Waals surface area contributed by atoms with Crippen LogP contribution in [-0.2, 0) is 9.59 Å². The van der Waals surface area contributed by atoms with E-state index in [1.807, 2.05) is 0 Å². The van der Waals surface area contributed by atoms with Crippen molar-refractivity contribution in [3.8, 4) is 5.75 Å². The molecule has 0 spiro atoms. The Morgan fingerprint density at radius 2 is 1.77 bits per heavy atom. The molecule has 0 radical (unpaired) electrons. The van der Waals surface area contributed by atoms with Crippen LogP contribution in [0.15, 0.2) is 24.3 Å². The Labute approximate surface area is 153 Å². The zero-order chi connectivity index (χ0) is 18.5. The minimum atomic E-state index is -0.601. The van der Waals surface area contributed by atoms with Crippen LogP contribution in [0.4, 0.5) is 0 Å². The summed E-state index contributed by atoms with van der Waals surface area (Å²) in [6.45, 7) is 1.92. The molecule has 1 aromatic rings. The third kappa shape index (κ3) is 3.98. The molecular weight excluding hydrogens is 334 g/mol. The fraction of sp³-hybridized carbons (Fsp3) is 0.526. The Morgan fingerprint density at radius 3 is 2.50 bits per heavy atom. The molecule has 1 unspecified atom stereocenters. The number of aromatic hydroxyl groups is 1. The first-order valence-corrected chi connectivity index (χ1v) is 9.22. The van der Waals surface area contributed by atoms with Gasteiger partial charge in [0.25, 0.3) is 5.91 Å². The van der Waals surface area contributed by atoms with E-state index < -0.39 is 6.04 Å². The van der Waals surface area contributed by atoms with Crippen LogP contribution in [0.2, 0.25) is 0 Å². The number of phenols is 1. The first-order valence-electron chi connectivity index (χ1n) is 9.22. The van der Waals surface area contributed by atoms with E-state index in [1.165, 1.54) is 11.0 Å². The minimum absolute atomic E-state index is 0.0338. The van der Waals surface area contributed by atoms with Gasteiger partial charge in [-0.3, -0.25) is 14.4 Å². The number of nitrogens with zero attached hydrogens (tertiary/aromatic N) is 2. The summed E-state index contributed by atoms with van der Waals surface area (Å²) in [5, 5.41) is 12.6. The van der Waals surface area contributed by atoms with Gasteiger partial charge < -0.3 is 20.2 Å². The standard InChI is InChI=1S/C19H25N3O4/c23-16-9-3-2-7-14(16)19(26)22-12-6-8-15(22)18(25)20-13-17(24)21-10-4-1-5-11-21/h2-3,7,9,15,23H,1,4-6,8,10-13H2,(H,20,25). The van der Waals surface area contributed by atoms with Crippen molar-refractivity contribution in [2.24, 2.45) is 0 Å². The van der Waals surface area contributed by atoms with Crippen LogP contribution in [0.1, 0.15) is 42.5 Å². The number of nitrogens with one attached hydrogen (secondary N) is 1. The number of hydrogen-bond acceptors (Lipinski definition) is 4. The van der Waals surface area contributed by atoms with E-state index in [0.717, 1.165) is 38.8 Å². The topological polar surface area (TPSA) is 90.0 Å². The van der Waals surface area contributed by atoms with Gasteiger partial charge in [0.15, 0.2) is 0 Å². The molecule has 2 saturated heterocycles. The summed E-state index contributed by atoms with van der Waals surface area (Å²) in [7, 11) is 0. The van der Waals surface area contributed by atoms with Crippen molar-refractivity contribution in [2.75, 3.05) is 26.2 Å². The summed E-state index contributed by atoms with van der Waals surface area (Å²) in [6, 6.07) is 5.72. The number of amides is 3. The zero-order valence-electron chi connectivity index (χ0n) is 14.8. The lowest BCUT2D eigenvalue weighted by Crippen LogP contribution is -2.49. The van der Waals surface area contributed by atoms with Crippen LogP contribution in [0.5, 0.6) is 5.75 Å². The molecule has 26 heavy (non-hydrogen) atoms. The molecule has 2 heterocycles. The molecule has 2 fully saturated rings. The average Bonchev–Trinajstić information content (AvgIpc) is 3.16. The van der Waals surface area contributed by atoms with Crippen molar-refractivity contribution in [1.82, 2.24) is 15.1 Å². The van der Waals surface area contributed by atoms with Gasteiger partial charge in [0.1, 0.15) is 11.8 Å². The third-order valence-electron chi connectivity index (χ3n) is 5.07. The van der Waals surface area contributed by atoms with E-state index >= 15 is 0 Å². The first kappa shape index (κ1) is 18.2. The van der Waals surface area contributed by atoms with Crippen LogP contribution in [-0.4, -0.2) is 64.8 Å². The number of phenolic OH excluding ortho intramolecular Hbond substituents is 1. The highest BCUT2D eigenvalue weighted by Gasteiger charge is 2.35. The maximum Gasteiger partial charge on any atom is 0.258 e. The number of carbonyl (C=O) groups excluding carboxylic acids is 3. The number of likely N-dealkylation sites (tertiary alicyclic amines) is 2. The lowest BCUT2D eigenvalue weighted by Gasteiger charge is -2.28. The van der Waals surface area contributed by atoms with Crippen molar-refractivity contribution >= 4 is 17.7 Å². The minimum Gasteiger partial charge on any atom is -0.507 e. The highest BCUT2D eigenvalue weighted by molar-refractivity contribution is 6.00. The van der Waals surface area contributed by atoms with Crippen molar-refractivity contribution in [1.29, 1.82) is 0 Å². The summed E-state index contributed by atoms with van der Waals surface area (Å²) in [6.07, 6.45) is 4.43. The van der Waals surface area contributed by atoms with Crippen LogP contribution in [0.3, 0.4) is 0 Å². The molecule has 3 amide bonds. The lowest BCUT2D eigenvalue weighted by atomic mass is 10.1. The molecule has 7 heteroatoms. The number of rotatable bonds is 4. The SMILES string of the molecule is O=C(NCC(=O)N1CCCCC1)C1CCCN1C(=O)c1ccccc1O. The predicted molar refractivity (Wildman–Crippen MR) is 95.6 cm³/mol. The highest BCUT2D eigenvalue weighted by atomic mass is 16.3. The number of carbonyl (C=O) groups is 3. The third-order valence-corrected chi connectivity index (χ3v) is 5.07. The molecule has 140 valence electrons. The van der Waals surface area contributed by atoms with Gasteiger partial charge in [-0.1, -0.05) is 12.1 Å². The predicted octanol–water partition coefficient (Wildman–Crippen LogP) is 1.13. The summed E-state index contributed by atoms with van der Waals surface area (Å²) in [5.74, 6) is -0.835. The zero-order valence-corrected chi connectivity index (χ0v) is 14.8.